The van der Waals surface area contributed by atoms with Crippen molar-refractivity contribution in [2.75, 3.05) is 0 Å². The summed E-state index contributed by atoms with van der Waals surface area (Å²) in [6, 6.07) is 0. The molecule has 11 saturated carbocycles. The predicted molar refractivity (Wildman–Crippen MR) is 354 cm³/mol. The Morgan fingerprint density at radius 2 is 0.597 bits per heavy atom. The molecule has 0 aromatic heterocycles. The van der Waals surface area contributed by atoms with E-state index >= 15 is 0 Å². The van der Waals surface area contributed by atoms with Crippen LogP contribution in [-0.2, 0) is 0 Å². The number of rotatable bonds is 5. The SMILES string of the molecule is CC1CC(C)(C)C1.CC1CC(C)(C)C1.CC1CC(C)C1C.CC1CCC1(C)C.CC1C[C@H](C)C1C.CCC1(C)CCC1.CCC1CC(C)C1.CCC1CC(C)C1.CCC1CCC1C.CCC1CC[C@@H]1C.C[C@H]1CCC1(C)C. The van der Waals surface area contributed by atoms with Gasteiger partial charge in [0.05, 0.1) is 0 Å². The lowest BCUT2D eigenvalue weighted by Crippen LogP contribution is -2.31. The summed E-state index contributed by atoms with van der Waals surface area (Å²) in [5, 5.41) is 0. The Hall–Kier alpha value is 0. The van der Waals surface area contributed by atoms with Gasteiger partial charge in [-0.15, -0.1) is 0 Å². The van der Waals surface area contributed by atoms with E-state index in [9.17, 15) is 0 Å². The molecule has 0 heteroatoms. The molecule has 0 bridgehead atoms. The lowest BCUT2D eigenvalue weighted by molar-refractivity contribution is 0.0891. The molecule has 77 heavy (non-hydrogen) atoms. The summed E-state index contributed by atoms with van der Waals surface area (Å²) in [5.41, 5.74) is 3.51. The van der Waals surface area contributed by atoms with Gasteiger partial charge in [-0.2, -0.15) is 0 Å². The van der Waals surface area contributed by atoms with E-state index in [0.717, 1.165) is 112 Å². The van der Waals surface area contributed by atoms with E-state index in [2.05, 4.69) is 194 Å². The second kappa shape index (κ2) is 35.3. The maximum Gasteiger partial charge on any atom is -0.0328 e. The third kappa shape index (κ3) is 28.4. The largest absolute Gasteiger partial charge is 0.0651 e. The zero-order chi connectivity index (χ0) is 59.3. The zero-order valence-corrected chi connectivity index (χ0v) is 59.3. The van der Waals surface area contributed by atoms with Crippen molar-refractivity contribution in [1.82, 2.24) is 0 Å². The highest BCUT2D eigenvalue weighted by molar-refractivity contribution is 4.87. The van der Waals surface area contributed by atoms with Crippen molar-refractivity contribution >= 4 is 0 Å². The molecule has 0 heterocycles. The van der Waals surface area contributed by atoms with Gasteiger partial charge in [-0.25, -0.2) is 0 Å². The molecule has 0 saturated heterocycles. The minimum absolute atomic E-state index is 0.681. The summed E-state index contributed by atoms with van der Waals surface area (Å²) < 4.78 is 0. The van der Waals surface area contributed by atoms with Crippen molar-refractivity contribution in [3.63, 3.8) is 0 Å². The van der Waals surface area contributed by atoms with Gasteiger partial charge in [0, 0.05) is 0 Å². The van der Waals surface area contributed by atoms with Crippen LogP contribution in [0.15, 0.2) is 0 Å². The number of hydrogen-bond donors (Lipinski definition) is 0. The van der Waals surface area contributed by atoms with Gasteiger partial charge in [-0.1, -0.05) is 245 Å². The van der Waals surface area contributed by atoms with E-state index in [1.807, 2.05) is 0 Å². The zero-order valence-electron chi connectivity index (χ0n) is 59.3. The quantitative estimate of drug-likeness (QED) is 0.257. The monoisotopic (exact) mass is 1080 g/mol. The first-order valence-corrected chi connectivity index (χ1v) is 35.5. The molecule has 0 nitrogen and oxygen atoms in total. The van der Waals surface area contributed by atoms with Crippen molar-refractivity contribution in [3.05, 3.63) is 0 Å². The van der Waals surface area contributed by atoms with Gasteiger partial charge in [0.2, 0.25) is 0 Å². The minimum Gasteiger partial charge on any atom is -0.0651 e. The average molecular weight is 1080 g/mol. The van der Waals surface area contributed by atoms with Crippen LogP contribution in [0.25, 0.3) is 0 Å². The molecule has 11 aliphatic rings. The van der Waals surface area contributed by atoms with E-state index in [1.54, 1.807) is 0 Å². The first kappa shape index (κ1) is 75.0. The van der Waals surface area contributed by atoms with Gasteiger partial charge in [0.25, 0.3) is 0 Å². The van der Waals surface area contributed by atoms with Crippen LogP contribution >= 0.6 is 0 Å². The van der Waals surface area contributed by atoms with Crippen LogP contribution in [0.1, 0.15) is 361 Å². The molecule has 11 fully saturated rings. The van der Waals surface area contributed by atoms with Crippen LogP contribution in [0.2, 0.25) is 0 Å². The van der Waals surface area contributed by atoms with E-state index in [4.69, 9.17) is 0 Å². The van der Waals surface area contributed by atoms with Crippen molar-refractivity contribution in [2.45, 2.75) is 361 Å². The standard InChI is InChI=1S/11C7H14/c2*1-6-4-7(2,3)5-6;2*1-6-4-5-7(6,2)3;2*1-5-4-6(2)7(5)3;2*1-3-7-4-6(2)5-7;1-3-7(2)5-4-6-7;2*1-3-7-5-4-6(7)2/h4*6H,4-5H2,1-3H3;2*5-7H,4H2,1-3H3;2*6-7H,3-5H2,1-2H3;3-6H2,1-2H3;2*6-7H,3-5H2,1-2H3/t;;6-;;5-,6?,7?;;;;;6-,7?;/m..0.0....0./s1. The highest BCUT2D eigenvalue weighted by Crippen LogP contribution is 2.48. The second-order valence-electron chi connectivity index (χ2n) is 34.5. The van der Waals surface area contributed by atoms with Crippen LogP contribution in [0.4, 0.5) is 0 Å². The predicted octanol–water partition coefficient (Wildman–Crippen LogP) is 26.7. The Labute approximate surface area is 491 Å². The molecular formula is C77H154. The van der Waals surface area contributed by atoms with Crippen LogP contribution < -0.4 is 0 Å². The van der Waals surface area contributed by atoms with E-state index < -0.39 is 0 Å². The molecule has 11 atom stereocenters. The van der Waals surface area contributed by atoms with E-state index in [-0.39, 0.29) is 0 Å². The third-order valence-corrected chi connectivity index (χ3v) is 24.9. The Morgan fingerprint density at radius 3 is 0.610 bits per heavy atom. The van der Waals surface area contributed by atoms with Crippen molar-refractivity contribution in [1.29, 1.82) is 0 Å². The summed E-state index contributed by atoms with van der Waals surface area (Å²) in [4.78, 5) is 0. The molecule has 0 aromatic rings. The first-order chi connectivity index (χ1) is 35.5. The molecule has 0 aromatic carbocycles. The average Bonchev–Trinajstić information content (AvgIpc) is 3.32. The Kier molecular flexibility index (Phi) is 34.4. The fourth-order valence-electron chi connectivity index (χ4n) is 15.1. The van der Waals surface area contributed by atoms with E-state index in [1.165, 1.54) is 167 Å². The summed E-state index contributed by atoms with van der Waals surface area (Å²) in [6.45, 7) is 65.4. The van der Waals surface area contributed by atoms with Crippen molar-refractivity contribution in [3.8, 4) is 0 Å². The molecule has 462 valence electrons. The smallest absolute Gasteiger partial charge is 0.0328 e. The third-order valence-electron chi connectivity index (χ3n) is 24.9. The van der Waals surface area contributed by atoms with Gasteiger partial charge < -0.3 is 0 Å². The summed E-state index contributed by atoms with van der Waals surface area (Å²) in [7, 11) is 0. The fourth-order valence-corrected chi connectivity index (χ4v) is 15.1. The molecule has 11 aliphatic carbocycles. The van der Waals surface area contributed by atoms with Crippen molar-refractivity contribution in [2.24, 2.45) is 134 Å². The Morgan fingerprint density at radius 1 is 0.312 bits per heavy atom. The summed E-state index contributed by atoms with van der Waals surface area (Å²) in [6.07, 6.45) is 37.8. The molecule has 0 spiro atoms. The topological polar surface area (TPSA) is 0 Å². The molecule has 0 amide bonds. The summed E-state index contributed by atoms with van der Waals surface area (Å²) in [5.74, 6) is 18.6. The lowest BCUT2D eigenvalue weighted by atomic mass is 9.64. The maximum atomic E-state index is 2.39. The fraction of sp³-hybridized carbons (Fsp3) is 1.00. The highest BCUT2D eigenvalue weighted by Gasteiger charge is 2.36. The van der Waals surface area contributed by atoms with Gasteiger partial charge in [0.1, 0.15) is 0 Å². The van der Waals surface area contributed by atoms with Crippen LogP contribution in [0.5, 0.6) is 0 Å². The minimum atomic E-state index is 0.681. The maximum absolute atomic E-state index is 2.39. The molecule has 0 N–H and O–H groups in total. The van der Waals surface area contributed by atoms with Crippen LogP contribution in [0, 0.1) is 134 Å². The van der Waals surface area contributed by atoms with Gasteiger partial charge in [-0.05, 0) is 249 Å². The van der Waals surface area contributed by atoms with Crippen LogP contribution in [0.3, 0.4) is 0 Å². The Bertz CT molecular complexity index is 1300. The highest BCUT2D eigenvalue weighted by atomic mass is 14.4. The molecule has 11 rings (SSSR count). The van der Waals surface area contributed by atoms with Crippen molar-refractivity contribution < 1.29 is 0 Å². The second-order valence-corrected chi connectivity index (χ2v) is 34.5. The summed E-state index contributed by atoms with van der Waals surface area (Å²) >= 11 is 0. The molecular weight excluding hydrogens is 925 g/mol. The lowest BCUT2D eigenvalue weighted by Gasteiger charge is -2.42. The first-order valence-electron chi connectivity index (χ1n) is 35.5. The van der Waals surface area contributed by atoms with E-state index in [0.29, 0.717) is 21.7 Å². The number of hydrogen-bond acceptors (Lipinski definition) is 0. The van der Waals surface area contributed by atoms with Gasteiger partial charge >= 0.3 is 0 Å². The van der Waals surface area contributed by atoms with Gasteiger partial charge in [-0.3, -0.25) is 0 Å². The van der Waals surface area contributed by atoms with Gasteiger partial charge in [0.15, 0.2) is 0 Å². The normalized spacial score (nSPS) is 38.5. The molecule has 0 radical (unpaired) electrons. The Balaban J connectivity index is 0.000000423. The molecule has 0 aliphatic heterocycles. The van der Waals surface area contributed by atoms with Crippen LogP contribution in [-0.4, -0.2) is 0 Å². The molecule has 8 unspecified atom stereocenters.